The van der Waals surface area contributed by atoms with Gasteiger partial charge in [-0.25, -0.2) is 0 Å². The molecule has 0 aliphatic heterocycles. The summed E-state index contributed by atoms with van der Waals surface area (Å²) in [5, 5.41) is 12.0. The van der Waals surface area contributed by atoms with Crippen LogP contribution in [0.4, 0.5) is 0 Å². The summed E-state index contributed by atoms with van der Waals surface area (Å²) in [5.74, 6) is 1.06. The predicted molar refractivity (Wildman–Crippen MR) is 79.3 cm³/mol. The summed E-state index contributed by atoms with van der Waals surface area (Å²) < 4.78 is 6.54. The van der Waals surface area contributed by atoms with Crippen LogP contribution in [0.5, 0.6) is 0 Å². The zero-order valence-electron chi connectivity index (χ0n) is 10.8. The smallest absolute Gasteiger partial charge is 0.249 e. The average molecular weight is 345 g/mol. The molecular formula is C13H15BrClN3O. The minimum absolute atomic E-state index is 0.446. The Labute approximate surface area is 125 Å². The Kier molecular flexibility index (Phi) is 4.96. The van der Waals surface area contributed by atoms with Crippen LogP contribution in [0.1, 0.15) is 19.7 Å². The van der Waals surface area contributed by atoms with Crippen LogP contribution >= 0.6 is 27.5 Å². The van der Waals surface area contributed by atoms with Gasteiger partial charge in [-0.2, -0.15) is 0 Å². The number of nitrogens with one attached hydrogen (secondary N) is 1. The lowest BCUT2D eigenvalue weighted by Crippen LogP contribution is -2.25. The number of nitrogens with zero attached hydrogens (tertiary/aromatic N) is 2. The van der Waals surface area contributed by atoms with Crippen LogP contribution in [0, 0.1) is 0 Å². The van der Waals surface area contributed by atoms with Crippen molar-refractivity contribution in [3.05, 3.63) is 33.6 Å². The van der Waals surface area contributed by atoms with Gasteiger partial charge in [0.15, 0.2) is 0 Å². The fourth-order valence-corrected chi connectivity index (χ4v) is 2.15. The molecule has 0 fully saturated rings. The van der Waals surface area contributed by atoms with Crippen molar-refractivity contribution in [1.29, 1.82) is 0 Å². The van der Waals surface area contributed by atoms with Gasteiger partial charge in [0.05, 0.1) is 10.6 Å². The van der Waals surface area contributed by atoms with Gasteiger partial charge in [0.25, 0.3) is 0 Å². The minimum Gasteiger partial charge on any atom is -0.421 e. The van der Waals surface area contributed by atoms with Crippen molar-refractivity contribution in [2.24, 2.45) is 0 Å². The Hall–Kier alpha value is -0.910. The second-order valence-corrected chi connectivity index (χ2v) is 5.81. The van der Waals surface area contributed by atoms with Crippen LogP contribution in [0.15, 0.2) is 27.1 Å². The number of hydrogen-bond donors (Lipinski definition) is 1. The molecule has 0 aliphatic rings. The Morgan fingerprint density at radius 2 is 2.16 bits per heavy atom. The van der Waals surface area contributed by atoms with E-state index in [1.54, 1.807) is 6.07 Å². The largest absolute Gasteiger partial charge is 0.421 e. The van der Waals surface area contributed by atoms with E-state index in [1.165, 1.54) is 0 Å². The normalized spacial score (nSPS) is 11.2. The number of halogens is 2. The SMILES string of the molecule is CC(C)NCCc1nnc(-c2cc(Br)ccc2Cl)o1. The summed E-state index contributed by atoms with van der Waals surface area (Å²) in [5.41, 5.74) is 0.742. The number of benzene rings is 1. The number of hydrogen-bond acceptors (Lipinski definition) is 4. The molecule has 0 bridgehead atoms. The molecule has 0 amide bonds. The molecule has 0 unspecified atom stereocenters. The molecule has 0 radical (unpaired) electrons. The van der Waals surface area contributed by atoms with Gasteiger partial charge in [0.2, 0.25) is 11.8 Å². The fraction of sp³-hybridized carbons (Fsp3) is 0.385. The monoisotopic (exact) mass is 343 g/mol. The Morgan fingerprint density at radius 3 is 2.89 bits per heavy atom. The quantitative estimate of drug-likeness (QED) is 0.898. The molecule has 4 nitrogen and oxygen atoms in total. The molecule has 1 aromatic heterocycles. The van der Waals surface area contributed by atoms with Crippen molar-refractivity contribution in [1.82, 2.24) is 15.5 Å². The summed E-state index contributed by atoms with van der Waals surface area (Å²) in [7, 11) is 0. The molecule has 0 saturated carbocycles. The molecule has 2 rings (SSSR count). The zero-order valence-corrected chi connectivity index (χ0v) is 13.1. The molecule has 2 aromatic rings. The predicted octanol–water partition coefficient (Wildman–Crippen LogP) is 3.69. The lowest BCUT2D eigenvalue weighted by Gasteiger charge is -2.04. The molecule has 6 heteroatoms. The number of aromatic nitrogens is 2. The van der Waals surface area contributed by atoms with Gasteiger partial charge in [-0.1, -0.05) is 41.4 Å². The third-order valence-corrected chi connectivity index (χ3v) is 3.34. The van der Waals surface area contributed by atoms with Crippen LogP contribution in [-0.2, 0) is 6.42 Å². The number of rotatable bonds is 5. The van der Waals surface area contributed by atoms with Crippen LogP contribution in [0.25, 0.3) is 11.5 Å². The van der Waals surface area contributed by atoms with E-state index in [0.29, 0.717) is 29.3 Å². The van der Waals surface area contributed by atoms with E-state index in [-0.39, 0.29) is 0 Å². The van der Waals surface area contributed by atoms with Gasteiger partial charge in [-0.15, -0.1) is 10.2 Å². The van der Waals surface area contributed by atoms with Gasteiger partial charge in [0, 0.05) is 23.5 Å². The van der Waals surface area contributed by atoms with Gasteiger partial charge < -0.3 is 9.73 Å². The summed E-state index contributed by atoms with van der Waals surface area (Å²) in [6.45, 7) is 5.01. The topological polar surface area (TPSA) is 51.0 Å². The van der Waals surface area contributed by atoms with Crippen LogP contribution in [-0.4, -0.2) is 22.8 Å². The zero-order chi connectivity index (χ0) is 13.8. The first kappa shape index (κ1) is 14.5. The van der Waals surface area contributed by atoms with Crippen LogP contribution < -0.4 is 5.32 Å². The van der Waals surface area contributed by atoms with Crippen molar-refractivity contribution in [2.75, 3.05) is 6.54 Å². The van der Waals surface area contributed by atoms with E-state index in [2.05, 4.69) is 45.3 Å². The fourth-order valence-electron chi connectivity index (χ4n) is 1.59. The van der Waals surface area contributed by atoms with E-state index in [1.807, 2.05) is 12.1 Å². The second kappa shape index (κ2) is 6.50. The summed E-state index contributed by atoms with van der Waals surface area (Å²) in [6.07, 6.45) is 0.705. The van der Waals surface area contributed by atoms with Crippen molar-refractivity contribution < 1.29 is 4.42 Å². The summed E-state index contributed by atoms with van der Waals surface area (Å²) in [6, 6.07) is 5.98. The van der Waals surface area contributed by atoms with Crippen molar-refractivity contribution in [3.63, 3.8) is 0 Å². The molecule has 0 aliphatic carbocycles. The maximum atomic E-state index is 6.12. The Bertz CT molecular complexity index is 557. The summed E-state index contributed by atoms with van der Waals surface area (Å²) in [4.78, 5) is 0. The van der Waals surface area contributed by atoms with E-state index in [4.69, 9.17) is 16.0 Å². The maximum absolute atomic E-state index is 6.12. The van der Waals surface area contributed by atoms with Crippen molar-refractivity contribution in [3.8, 4) is 11.5 Å². The van der Waals surface area contributed by atoms with E-state index >= 15 is 0 Å². The highest BCUT2D eigenvalue weighted by molar-refractivity contribution is 9.10. The molecule has 0 atom stereocenters. The van der Waals surface area contributed by atoms with Gasteiger partial charge >= 0.3 is 0 Å². The third-order valence-electron chi connectivity index (χ3n) is 2.52. The van der Waals surface area contributed by atoms with Gasteiger partial charge in [-0.3, -0.25) is 0 Å². The first-order valence-corrected chi connectivity index (χ1v) is 7.24. The highest BCUT2D eigenvalue weighted by atomic mass is 79.9. The second-order valence-electron chi connectivity index (χ2n) is 4.48. The van der Waals surface area contributed by atoms with E-state index < -0.39 is 0 Å². The Balaban J connectivity index is 2.10. The van der Waals surface area contributed by atoms with Gasteiger partial charge in [0.1, 0.15) is 0 Å². The Morgan fingerprint density at radius 1 is 1.37 bits per heavy atom. The average Bonchev–Trinajstić information content (AvgIpc) is 2.80. The maximum Gasteiger partial charge on any atom is 0.249 e. The minimum atomic E-state index is 0.446. The van der Waals surface area contributed by atoms with Crippen molar-refractivity contribution >= 4 is 27.5 Å². The molecule has 1 aromatic carbocycles. The van der Waals surface area contributed by atoms with E-state index in [9.17, 15) is 0 Å². The first-order valence-electron chi connectivity index (χ1n) is 6.07. The lowest BCUT2D eigenvalue weighted by molar-refractivity contribution is 0.484. The highest BCUT2D eigenvalue weighted by Gasteiger charge is 2.12. The highest BCUT2D eigenvalue weighted by Crippen LogP contribution is 2.29. The summed E-state index contributed by atoms with van der Waals surface area (Å²) >= 11 is 9.52. The molecule has 0 saturated heterocycles. The van der Waals surface area contributed by atoms with E-state index in [0.717, 1.165) is 16.6 Å². The van der Waals surface area contributed by atoms with Crippen LogP contribution in [0.3, 0.4) is 0 Å². The molecule has 0 spiro atoms. The first-order chi connectivity index (χ1) is 9.06. The van der Waals surface area contributed by atoms with Gasteiger partial charge in [-0.05, 0) is 18.2 Å². The van der Waals surface area contributed by atoms with Crippen molar-refractivity contribution in [2.45, 2.75) is 26.3 Å². The molecule has 1 N–H and O–H groups in total. The van der Waals surface area contributed by atoms with Crippen LogP contribution in [0.2, 0.25) is 5.02 Å². The molecule has 19 heavy (non-hydrogen) atoms. The molecule has 1 heterocycles. The lowest BCUT2D eigenvalue weighted by atomic mass is 10.2. The molecule has 102 valence electrons. The molecular weight excluding hydrogens is 330 g/mol. The third kappa shape index (κ3) is 4.03. The standard InChI is InChI=1S/C13H15BrClN3O/c1-8(2)16-6-5-12-17-18-13(19-12)10-7-9(14)3-4-11(10)15/h3-4,7-8,16H,5-6H2,1-2H3.